The van der Waals surface area contributed by atoms with E-state index in [2.05, 4.69) is 4.98 Å². The van der Waals surface area contributed by atoms with Crippen molar-refractivity contribution in [1.29, 1.82) is 0 Å². The molecule has 5 rings (SSSR count). The third-order valence-electron chi connectivity index (χ3n) is 6.01. The van der Waals surface area contributed by atoms with Gasteiger partial charge in [-0.2, -0.15) is 0 Å². The fourth-order valence-corrected chi connectivity index (χ4v) is 4.39. The number of aliphatic hydroxyl groups is 1. The second-order valence-corrected chi connectivity index (χ2v) is 8.11. The van der Waals surface area contributed by atoms with Crippen molar-refractivity contribution >= 4 is 17.4 Å². The van der Waals surface area contributed by atoms with Crippen LogP contribution >= 0.6 is 0 Å². The molecule has 1 aromatic heterocycles. The number of aryl methyl sites for hydroxylation is 1. The lowest BCUT2D eigenvalue weighted by Crippen LogP contribution is -2.29. The number of likely N-dealkylation sites (tertiary alicyclic amines) is 1. The van der Waals surface area contributed by atoms with Gasteiger partial charge in [0.05, 0.1) is 18.2 Å². The summed E-state index contributed by atoms with van der Waals surface area (Å²) in [5.74, 6) is -1.33. The Hall–Kier alpha value is -4.00. The molecule has 166 valence electrons. The van der Waals surface area contributed by atoms with Crippen molar-refractivity contribution in [2.24, 2.45) is 0 Å². The molecule has 33 heavy (non-hydrogen) atoms. The molecule has 0 radical (unpaired) electrons. The summed E-state index contributed by atoms with van der Waals surface area (Å²) in [5, 5.41) is 11.2. The Balaban J connectivity index is 1.61. The Kier molecular flexibility index (Phi) is 5.38. The lowest BCUT2D eigenvalue weighted by atomic mass is 9.94. The number of halogens is 1. The van der Waals surface area contributed by atoms with Crippen molar-refractivity contribution in [2.45, 2.75) is 25.4 Å². The maximum Gasteiger partial charge on any atom is 0.295 e. The SMILES string of the molecule is O=C1C(=O)N(Cc2ccc(F)cc2)C(c2ccncc2)/C1=C(/O)c1ccc2c(c1)CCCO2. The van der Waals surface area contributed by atoms with Crippen LogP contribution in [0.25, 0.3) is 5.76 Å². The van der Waals surface area contributed by atoms with Crippen LogP contribution in [0.4, 0.5) is 4.39 Å². The van der Waals surface area contributed by atoms with E-state index < -0.39 is 17.7 Å². The second-order valence-electron chi connectivity index (χ2n) is 8.11. The van der Waals surface area contributed by atoms with Gasteiger partial charge in [0.2, 0.25) is 0 Å². The molecule has 1 amide bonds. The Morgan fingerprint density at radius 3 is 2.61 bits per heavy atom. The van der Waals surface area contributed by atoms with E-state index in [1.807, 2.05) is 0 Å². The molecule has 1 atom stereocenters. The highest BCUT2D eigenvalue weighted by atomic mass is 19.1. The zero-order chi connectivity index (χ0) is 22.9. The van der Waals surface area contributed by atoms with Crippen LogP contribution in [0.1, 0.15) is 34.7 Å². The van der Waals surface area contributed by atoms with E-state index in [4.69, 9.17) is 4.74 Å². The van der Waals surface area contributed by atoms with Crippen LogP contribution in [0.3, 0.4) is 0 Å². The van der Waals surface area contributed by atoms with Gasteiger partial charge in [0.15, 0.2) is 0 Å². The van der Waals surface area contributed by atoms with E-state index in [1.54, 1.807) is 54.9 Å². The molecule has 1 unspecified atom stereocenters. The van der Waals surface area contributed by atoms with Crippen LogP contribution in [0.15, 0.2) is 72.6 Å². The molecule has 1 saturated heterocycles. The summed E-state index contributed by atoms with van der Waals surface area (Å²) in [6.45, 7) is 0.738. The van der Waals surface area contributed by atoms with E-state index >= 15 is 0 Å². The van der Waals surface area contributed by atoms with Gasteiger partial charge in [-0.1, -0.05) is 12.1 Å². The van der Waals surface area contributed by atoms with Gasteiger partial charge in [-0.3, -0.25) is 14.6 Å². The number of Topliss-reactive ketones (excluding diaryl/α,β-unsaturated/α-hetero) is 1. The minimum absolute atomic E-state index is 0.0185. The van der Waals surface area contributed by atoms with Gasteiger partial charge in [-0.05, 0) is 72.0 Å². The Bertz CT molecular complexity index is 1260. The largest absolute Gasteiger partial charge is 0.507 e. The summed E-state index contributed by atoms with van der Waals surface area (Å²) in [5.41, 5.74) is 2.74. The Labute approximate surface area is 190 Å². The molecule has 2 aliphatic rings. The van der Waals surface area contributed by atoms with Crippen molar-refractivity contribution < 1.29 is 23.8 Å². The molecule has 6 nitrogen and oxygen atoms in total. The van der Waals surface area contributed by atoms with E-state index in [-0.39, 0.29) is 23.7 Å². The van der Waals surface area contributed by atoms with Gasteiger partial charge in [0.25, 0.3) is 11.7 Å². The highest BCUT2D eigenvalue weighted by Gasteiger charge is 2.46. The number of nitrogens with zero attached hydrogens (tertiary/aromatic N) is 2. The first kappa shape index (κ1) is 20.9. The van der Waals surface area contributed by atoms with Gasteiger partial charge >= 0.3 is 0 Å². The van der Waals surface area contributed by atoms with Crippen LogP contribution in [-0.4, -0.2) is 33.3 Å². The van der Waals surface area contributed by atoms with Crippen LogP contribution in [0.5, 0.6) is 5.75 Å². The van der Waals surface area contributed by atoms with E-state index in [9.17, 15) is 19.1 Å². The maximum atomic E-state index is 13.4. The number of ketones is 1. The second kappa shape index (κ2) is 8.50. The van der Waals surface area contributed by atoms with E-state index in [0.717, 1.165) is 24.2 Å². The van der Waals surface area contributed by atoms with Crippen LogP contribution < -0.4 is 4.74 Å². The minimum atomic E-state index is -0.801. The summed E-state index contributed by atoms with van der Waals surface area (Å²) in [6.07, 6.45) is 4.83. The highest BCUT2D eigenvalue weighted by molar-refractivity contribution is 6.46. The highest BCUT2D eigenvalue weighted by Crippen LogP contribution is 2.40. The number of amides is 1. The molecular formula is C26H21FN2O4. The van der Waals surface area contributed by atoms with Crippen molar-refractivity contribution in [1.82, 2.24) is 9.88 Å². The van der Waals surface area contributed by atoms with Crippen LogP contribution in [-0.2, 0) is 22.6 Å². The molecule has 3 heterocycles. The number of hydrogen-bond acceptors (Lipinski definition) is 5. The predicted octanol–water partition coefficient (Wildman–Crippen LogP) is 4.17. The predicted molar refractivity (Wildman–Crippen MR) is 119 cm³/mol. The van der Waals surface area contributed by atoms with Crippen molar-refractivity contribution in [3.8, 4) is 5.75 Å². The molecule has 0 bridgehead atoms. The molecule has 0 spiro atoms. The van der Waals surface area contributed by atoms with Gasteiger partial charge in [-0.15, -0.1) is 0 Å². The lowest BCUT2D eigenvalue weighted by molar-refractivity contribution is -0.140. The normalized spacial score (nSPS) is 19.3. The third-order valence-corrected chi connectivity index (χ3v) is 6.01. The van der Waals surface area contributed by atoms with Crippen LogP contribution in [0.2, 0.25) is 0 Å². The summed E-state index contributed by atoms with van der Waals surface area (Å²) in [7, 11) is 0. The number of rotatable bonds is 4. The fourth-order valence-electron chi connectivity index (χ4n) is 4.39. The number of aliphatic hydroxyl groups excluding tert-OH is 1. The quantitative estimate of drug-likeness (QED) is 0.371. The topological polar surface area (TPSA) is 79.7 Å². The summed E-state index contributed by atoms with van der Waals surface area (Å²) < 4.78 is 19.0. The van der Waals surface area contributed by atoms with Gasteiger partial charge < -0.3 is 14.7 Å². The monoisotopic (exact) mass is 444 g/mol. The third kappa shape index (κ3) is 3.86. The fraction of sp³-hybridized carbons (Fsp3) is 0.192. The smallest absolute Gasteiger partial charge is 0.295 e. The number of carbonyl (C=O) groups excluding carboxylic acids is 2. The Morgan fingerprint density at radius 1 is 1.09 bits per heavy atom. The summed E-state index contributed by atoms with van der Waals surface area (Å²) in [4.78, 5) is 31.6. The van der Waals surface area contributed by atoms with Gasteiger partial charge in [0, 0.05) is 24.5 Å². The molecule has 0 saturated carbocycles. The van der Waals surface area contributed by atoms with E-state index in [1.165, 1.54) is 17.0 Å². The maximum absolute atomic E-state index is 13.4. The summed E-state index contributed by atoms with van der Waals surface area (Å²) >= 11 is 0. The number of pyridine rings is 1. The molecule has 1 fully saturated rings. The number of carbonyl (C=O) groups is 2. The zero-order valence-corrected chi connectivity index (χ0v) is 17.7. The van der Waals surface area contributed by atoms with Gasteiger partial charge in [-0.25, -0.2) is 4.39 Å². The van der Waals surface area contributed by atoms with Gasteiger partial charge in [0.1, 0.15) is 17.3 Å². The first-order valence-electron chi connectivity index (χ1n) is 10.7. The van der Waals surface area contributed by atoms with Crippen molar-refractivity contribution in [2.75, 3.05) is 6.61 Å². The molecule has 2 aromatic carbocycles. The lowest BCUT2D eigenvalue weighted by Gasteiger charge is -2.25. The minimum Gasteiger partial charge on any atom is -0.507 e. The number of fused-ring (bicyclic) bond motifs is 1. The zero-order valence-electron chi connectivity index (χ0n) is 17.7. The standard InChI is InChI=1S/C26H21FN2O4/c27-20-6-3-16(4-7-20)15-29-23(17-9-11-28-12-10-17)22(25(31)26(29)32)24(30)19-5-8-21-18(14-19)2-1-13-33-21/h3-12,14,23,30H,1-2,13,15H2/b24-22-. The van der Waals surface area contributed by atoms with Crippen molar-refractivity contribution in [3.05, 3.63) is 101 Å². The molecule has 3 aromatic rings. The average Bonchev–Trinajstić information content (AvgIpc) is 3.10. The number of ether oxygens (including phenoxy) is 1. The average molecular weight is 444 g/mol. The molecule has 0 aliphatic carbocycles. The number of aromatic nitrogens is 1. The summed E-state index contributed by atoms with van der Waals surface area (Å²) in [6, 6.07) is 13.7. The molecule has 1 N–H and O–H groups in total. The number of hydrogen-bond donors (Lipinski definition) is 1. The van der Waals surface area contributed by atoms with Crippen molar-refractivity contribution in [3.63, 3.8) is 0 Å². The van der Waals surface area contributed by atoms with Crippen LogP contribution in [0, 0.1) is 5.82 Å². The first-order valence-corrected chi connectivity index (χ1v) is 10.7. The Morgan fingerprint density at radius 2 is 1.85 bits per heavy atom. The molecule has 7 heteroatoms. The first-order chi connectivity index (χ1) is 16.0. The number of benzene rings is 2. The molecule has 2 aliphatic heterocycles. The molecular weight excluding hydrogens is 423 g/mol. The van der Waals surface area contributed by atoms with E-state index in [0.29, 0.717) is 23.3 Å².